The molecule has 108 valence electrons. The molecular weight excluding hydrogens is 258 g/mol. The van der Waals surface area contributed by atoms with Crippen molar-refractivity contribution in [3.8, 4) is 11.6 Å². The Balaban J connectivity index is 1.88. The SMILES string of the molecule is CC(C)(C)c1conc1-c1nc(C2CCOCC2)no1. The van der Waals surface area contributed by atoms with Crippen LogP contribution in [0.1, 0.15) is 50.9 Å². The molecule has 1 saturated heterocycles. The number of rotatable bonds is 2. The Hall–Kier alpha value is -1.69. The van der Waals surface area contributed by atoms with Crippen LogP contribution in [0, 0.1) is 0 Å². The average Bonchev–Trinajstić information content (AvgIpc) is 3.08. The average molecular weight is 277 g/mol. The molecule has 1 fully saturated rings. The zero-order valence-corrected chi connectivity index (χ0v) is 12.0. The van der Waals surface area contributed by atoms with Gasteiger partial charge in [0, 0.05) is 24.7 Å². The molecule has 0 atom stereocenters. The number of nitrogens with zero attached hydrogens (tertiary/aromatic N) is 3. The molecule has 0 saturated carbocycles. The van der Waals surface area contributed by atoms with Gasteiger partial charge in [0.15, 0.2) is 11.5 Å². The van der Waals surface area contributed by atoms with Crippen LogP contribution in [0.2, 0.25) is 0 Å². The van der Waals surface area contributed by atoms with Crippen molar-refractivity contribution in [2.45, 2.75) is 44.9 Å². The van der Waals surface area contributed by atoms with Crippen LogP contribution in [-0.2, 0) is 10.2 Å². The molecule has 20 heavy (non-hydrogen) atoms. The van der Waals surface area contributed by atoms with Crippen molar-refractivity contribution in [1.29, 1.82) is 0 Å². The summed E-state index contributed by atoms with van der Waals surface area (Å²) in [7, 11) is 0. The van der Waals surface area contributed by atoms with Crippen molar-refractivity contribution >= 4 is 0 Å². The lowest BCUT2D eigenvalue weighted by atomic mass is 9.87. The van der Waals surface area contributed by atoms with E-state index in [1.807, 2.05) is 0 Å². The quantitative estimate of drug-likeness (QED) is 0.840. The predicted octanol–water partition coefficient (Wildman–Crippen LogP) is 2.92. The van der Waals surface area contributed by atoms with E-state index < -0.39 is 0 Å². The smallest absolute Gasteiger partial charge is 0.280 e. The van der Waals surface area contributed by atoms with Gasteiger partial charge >= 0.3 is 0 Å². The Bertz CT molecular complexity index is 576. The largest absolute Gasteiger partial charge is 0.381 e. The van der Waals surface area contributed by atoms with Crippen LogP contribution in [0.5, 0.6) is 0 Å². The van der Waals surface area contributed by atoms with Gasteiger partial charge in [0.25, 0.3) is 5.89 Å². The van der Waals surface area contributed by atoms with Gasteiger partial charge < -0.3 is 13.8 Å². The Morgan fingerprint density at radius 2 is 1.90 bits per heavy atom. The molecule has 0 N–H and O–H groups in total. The van der Waals surface area contributed by atoms with E-state index in [2.05, 4.69) is 36.1 Å². The van der Waals surface area contributed by atoms with Gasteiger partial charge in [-0.3, -0.25) is 0 Å². The third-order valence-electron chi connectivity index (χ3n) is 3.61. The standard InChI is InChI=1S/C14H19N3O3/c1-14(2,3)10-8-19-16-11(10)13-15-12(17-20-13)9-4-6-18-7-5-9/h8-9H,4-7H2,1-3H3. The highest BCUT2D eigenvalue weighted by Gasteiger charge is 2.28. The third-order valence-corrected chi connectivity index (χ3v) is 3.61. The van der Waals surface area contributed by atoms with E-state index in [0.29, 0.717) is 17.5 Å². The molecule has 1 aliphatic heterocycles. The summed E-state index contributed by atoms with van der Waals surface area (Å²) in [6.07, 6.45) is 3.52. The summed E-state index contributed by atoms with van der Waals surface area (Å²) in [5.41, 5.74) is 1.53. The fraction of sp³-hybridized carbons (Fsp3) is 0.643. The van der Waals surface area contributed by atoms with E-state index in [4.69, 9.17) is 13.8 Å². The zero-order valence-electron chi connectivity index (χ0n) is 12.0. The monoisotopic (exact) mass is 277 g/mol. The van der Waals surface area contributed by atoms with E-state index in [-0.39, 0.29) is 5.41 Å². The summed E-state index contributed by atoms with van der Waals surface area (Å²) in [4.78, 5) is 4.49. The maximum atomic E-state index is 5.37. The van der Waals surface area contributed by atoms with Crippen molar-refractivity contribution in [2.24, 2.45) is 0 Å². The molecule has 0 amide bonds. The predicted molar refractivity (Wildman–Crippen MR) is 71.3 cm³/mol. The molecule has 3 heterocycles. The lowest BCUT2D eigenvalue weighted by Crippen LogP contribution is -2.15. The van der Waals surface area contributed by atoms with Gasteiger partial charge in [-0.1, -0.05) is 31.1 Å². The van der Waals surface area contributed by atoms with Crippen molar-refractivity contribution in [3.05, 3.63) is 17.7 Å². The van der Waals surface area contributed by atoms with Crippen molar-refractivity contribution in [1.82, 2.24) is 15.3 Å². The Kier molecular flexibility index (Phi) is 3.33. The fourth-order valence-electron chi connectivity index (χ4n) is 2.38. The lowest BCUT2D eigenvalue weighted by molar-refractivity contribution is 0.0830. The van der Waals surface area contributed by atoms with Crippen LogP contribution in [0.15, 0.2) is 15.3 Å². The van der Waals surface area contributed by atoms with Crippen molar-refractivity contribution in [3.63, 3.8) is 0 Å². The second-order valence-corrected chi connectivity index (χ2v) is 6.17. The molecular formula is C14H19N3O3. The van der Waals surface area contributed by atoms with Gasteiger partial charge in [-0.2, -0.15) is 4.98 Å². The number of hydrogen-bond acceptors (Lipinski definition) is 6. The molecule has 0 aromatic carbocycles. The molecule has 0 bridgehead atoms. The highest BCUT2D eigenvalue weighted by Crippen LogP contribution is 2.32. The normalized spacial score (nSPS) is 17.6. The van der Waals surface area contributed by atoms with E-state index in [1.54, 1.807) is 6.26 Å². The summed E-state index contributed by atoms with van der Waals surface area (Å²) >= 11 is 0. The maximum absolute atomic E-state index is 5.37. The second-order valence-electron chi connectivity index (χ2n) is 6.17. The van der Waals surface area contributed by atoms with Gasteiger partial charge in [-0.25, -0.2) is 0 Å². The van der Waals surface area contributed by atoms with Crippen LogP contribution in [-0.4, -0.2) is 28.5 Å². The Labute approximate surface area is 117 Å². The first-order valence-electron chi connectivity index (χ1n) is 6.92. The third kappa shape index (κ3) is 2.47. The highest BCUT2D eigenvalue weighted by atomic mass is 16.5. The summed E-state index contributed by atoms with van der Waals surface area (Å²) < 4.78 is 15.8. The Morgan fingerprint density at radius 3 is 2.60 bits per heavy atom. The molecule has 0 radical (unpaired) electrons. The van der Waals surface area contributed by atoms with Gasteiger partial charge in [-0.15, -0.1) is 0 Å². The summed E-state index contributed by atoms with van der Waals surface area (Å²) in [6.45, 7) is 7.80. The van der Waals surface area contributed by atoms with E-state index >= 15 is 0 Å². The lowest BCUT2D eigenvalue weighted by Gasteiger charge is -2.18. The van der Waals surface area contributed by atoms with Gasteiger partial charge in [0.1, 0.15) is 6.26 Å². The molecule has 0 unspecified atom stereocenters. The van der Waals surface area contributed by atoms with Gasteiger partial charge in [0.2, 0.25) is 0 Å². The molecule has 0 spiro atoms. The molecule has 6 nitrogen and oxygen atoms in total. The minimum atomic E-state index is -0.0807. The van der Waals surface area contributed by atoms with Crippen LogP contribution >= 0.6 is 0 Å². The molecule has 3 rings (SSSR count). The first-order valence-corrected chi connectivity index (χ1v) is 6.92. The molecule has 0 aliphatic carbocycles. The molecule has 6 heteroatoms. The minimum absolute atomic E-state index is 0.0807. The van der Waals surface area contributed by atoms with Crippen LogP contribution in [0.3, 0.4) is 0 Å². The first-order chi connectivity index (χ1) is 9.55. The van der Waals surface area contributed by atoms with Gasteiger partial charge in [0.05, 0.1) is 0 Å². The van der Waals surface area contributed by atoms with E-state index in [1.165, 1.54) is 0 Å². The highest BCUT2D eigenvalue weighted by molar-refractivity contribution is 5.53. The van der Waals surface area contributed by atoms with Crippen LogP contribution < -0.4 is 0 Å². The van der Waals surface area contributed by atoms with Crippen LogP contribution in [0.25, 0.3) is 11.6 Å². The number of hydrogen-bond donors (Lipinski definition) is 0. The van der Waals surface area contributed by atoms with Gasteiger partial charge in [-0.05, 0) is 18.3 Å². The van der Waals surface area contributed by atoms with Crippen molar-refractivity contribution in [2.75, 3.05) is 13.2 Å². The first kappa shape index (κ1) is 13.3. The van der Waals surface area contributed by atoms with E-state index in [0.717, 1.165) is 37.4 Å². The fourth-order valence-corrected chi connectivity index (χ4v) is 2.38. The number of ether oxygens (including phenoxy) is 1. The molecule has 1 aliphatic rings. The number of aromatic nitrogens is 3. The zero-order chi connectivity index (χ0) is 14.2. The second kappa shape index (κ2) is 5.01. The Morgan fingerprint density at radius 1 is 1.15 bits per heavy atom. The molecule has 2 aromatic rings. The topological polar surface area (TPSA) is 74.2 Å². The van der Waals surface area contributed by atoms with Crippen LogP contribution in [0.4, 0.5) is 0 Å². The van der Waals surface area contributed by atoms with Crippen molar-refractivity contribution < 1.29 is 13.8 Å². The summed E-state index contributed by atoms with van der Waals surface area (Å²) in [5.74, 6) is 1.49. The minimum Gasteiger partial charge on any atom is -0.381 e. The molecule has 2 aromatic heterocycles. The van der Waals surface area contributed by atoms with E-state index in [9.17, 15) is 0 Å². The summed E-state index contributed by atoms with van der Waals surface area (Å²) in [5, 5.41) is 8.11. The summed E-state index contributed by atoms with van der Waals surface area (Å²) in [6, 6.07) is 0. The maximum Gasteiger partial charge on any atom is 0.280 e.